The molecule has 1 rings (SSSR count). The van der Waals surface area contributed by atoms with Gasteiger partial charge in [-0.15, -0.1) is 5.26 Å². The zero-order chi connectivity index (χ0) is 8.81. The zero-order valence-corrected chi connectivity index (χ0v) is 6.82. The van der Waals surface area contributed by atoms with E-state index < -0.39 is 0 Å². The quantitative estimate of drug-likeness (QED) is 0.621. The Morgan fingerprint density at radius 3 is 2.83 bits per heavy atom. The van der Waals surface area contributed by atoms with Crippen LogP contribution in [0.3, 0.4) is 0 Å². The molecule has 0 fully saturated rings. The predicted octanol–water partition coefficient (Wildman–Crippen LogP) is 2.58. The fourth-order valence-corrected chi connectivity index (χ4v) is 0.940. The van der Waals surface area contributed by atoms with Crippen molar-refractivity contribution >= 4 is 6.08 Å². The van der Waals surface area contributed by atoms with Crippen molar-refractivity contribution in [3.63, 3.8) is 0 Å². The van der Waals surface area contributed by atoms with Gasteiger partial charge in [0.15, 0.2) is 0 Å². The lowest BCUT2D eigenvalue weighted by Crippen LogP contribution is -1.84. The van der Waals surface area contributed by atoms with Gasteiger partial charge in [-0.1, -0.05) is 30.4 Å². The summed E-state index contributed by atoms with van der Waals surface area (Å²) in [5.41, 5.74) is 0.918. The summed E-state index contributed by atoms with van der Waals surface area (Å²) in [7, 11) is 0. The van der Waals surface area contributed by atoms with Crippen LogP contribution in [-0.4, -0.2) is 0 Å². The van der Waals surface area contributed by atoms with E-state index in [1.165, 1.54) is 0 Å². The standard InChI is InChI=1S/C10H9NO/c1-2-5-9-6-3-4-7-10(9)12-8-11/h2-7H,1H3. The predicted molar refractivity (Wildman–Crippen MR) is 47.4 cm³/mol. The van der Waals surface area contributed by atoms with E-state index in [1.807, 2.05) is 37.3 Å². The molecule has 0 heterocycles. The maximum Gasteiger partial charge on any atom is 0.292 e. The lowest BCUT2D eigenvalue weighted by Gasteiger charge is -1.99. The third-order valence-corrected chi connectivity index (χ3v) is 1.42. The van der Waals surface area contributed by atoms with E-state index in [1.54, 1.807) is 12.3 Å². The van der Waals surface area contributed by atoms with Crippen LogP contribution in [0.4, 0.5) is 0 Å². The molecule has 0 bridgehead atoms. The second kappa shape index (κ2) is 4.20. The molecule has 0 aromatic heterocycles. The number of nitriles is 1. The van der Waals surface area contributed by atoms with Crippen molar-refractivity contribution in [2.24, 2.45) is 0 Å². The maximum absolute atomic E-state index is 8.32. The average molecular weight is 159 g/mol. The first-order valence-corrected chi connectivity index (χ1v) is 3.66. The van der Waals surface area contributed by atoms with Crippen LogP contribution in [0.25, 0.3) is 6.08 Å². The molecule has 0 radical (unpaired) electrons. The van der Waals surface area contributed by atoms with Crippen LogP contribution in [0.2, 0.25) is 0 Å². The Kier molecular flexibility index (Phi) is 2.92. The van der Waals surface area contributed by atoms with Gasteiger partial charge in [0.1, 0.15) is 5.75 Å². The minimum Gasteiger partial charge on any atom is -0.387 e. The van der Waals surface area contributed by atoms with Crippen LogP contribution in [0.5, 0.6) is 5.75 Å². The summed E-state index contributed by atoms with van der Waals surface area (Å²) in [4.78, 5) is 0. The summed E-state index contributed by atoms with van der Waals surface area (Å²) in [5.74, 6) is 0.595. The van der Waals surface area contributed by atoms with Crippen molar-refractivity contribution in [3.05, 3.63) is 35.9 Å². The normalized spacial score (nSPS) is 9.67. The molecule has 0 aliphatic rings. The van der Waals surface area contributed by atoms with Gasteiger partial charge in [0.25, 0.3) is 6.26 Å². The Labute approximate surface area is 71.7 Å². The number of ether oxygens (including phenoxy) is 1. The van der Waals surface area contributed by atoms with Crippen molar-refractivity contribution < 1.29 is 4.74 Å². The van der Waals surface area contributed by atoms with Gasteiger partial charge in [-0.25, -0.2) is 0 Å². The van der Waals surface area contributed by atoms with E-state index in [2.05, 4.69) is 0 Å². The first-order chi connectivity index (χ1) is 5.88. The molecule has 0 spiro atoms. The Morgan fingerprint density at radius 2 is 2.17 bits per heavy atom. The highest BCUT2D eigenvalue weighted by atomic mass is 16.5. The molecule has 60 valence electrons. The summed E-state index contributed by atoms with van der Waals surface area (Å²) in [6, 6.07) is 7.39. The molecule has 0 amide bonds. The van der Waals surface area contributed by atoms with Crippen LogP contribution >= 0.6 is 0 Å². The second-order valence-electron chi connectivity index (χ2n) is 2.23. The number of nitrogens with zero attached hydrogens (tertiary/aromatic N) is 1. The van der Waals surface area contributed by atoms with Gasteiger partial charge in [0.2, 0.25) is 0 Å². The number of hydrogen-bond donors (Lipinski definition) is 0. The fourth-order valence-electron chi connectivity index (χ4n) is 0.940. The van der Waals surface area contributed by atoms with Crippen molar-refractivity contribution in [1.29, 1.82) is 5.26 Å². The summed E-state index contributed by atoms with van der Waals surface area (Å²) >= 11 is 0. The minimum atomic E-state index is 0.595. The van der Waals surface area contributed by atoms with Crippen molar-refractivity contribution in [1.82, 2.24) is 0 Å². The highest BCUT2D eigenvalue weighted by molar-refractivity contribution is 5.56. The van der Waals surface area contributed by atoms with Crippen LogP contribution in [-0.2, 0) is 0 Å². The molecule has 2 nitrogen and oxygen atoms in total. The highest BCUT2D eigenvalue weighted by Crippen LogP contribution is 2.18. The molecule has 0 aliphatic carbocycles. The van der Waals surface area contributed by atoms with Gasteiger partial charge >= 0.3 is 0 Å². The molecule has 1 aromatic rings. The van der Waals surface area contributed by atoms with E-state index in [-0.39, 0.29) is 0 Å². The Hall–Kier alpha value is -1.75. The van der Waals surface area contributed by atoms with Crippen molar-refractivity contribution in [2.45, 2.75) is 6.92 Å². The van der Waals surface area contributed by atoms with Crippen LogP contribution < -0.4 is 4.74 Å². The minimum absolute atomic E-state index is 0.595. The molecule has 0 N–H and O–H groups in total. The number of rotatable bonds is 2. The zero-order valence-electron chi connectivity index (χ0n) is 6.82. The third-order valence-electron chi connectivity index (χ3n) is 1.42. The van der Waals surface area contributed by atoms with Crippen molar-refractivity contribution in [3.8, 4) is 12.0 Å². The molecular formula is C10H9NO. The lowest BCUT2D eigenvalue weighted by molar-refractivity contribution is 0.506. The topological polar surface area (TPSA) is 33.0 Å². The van der Waals surface area contributed by atoms with Crippen molar-refractivity contribution in [2.75, 3.05) is 0 Å². The van der Waals surface area contributed by atoms with Crippen LogP contribution in [0.15, 0.2) is 30.3 Å². The lowest BCUT2D eigenvalue weighted by atomic mass is 10.2. The highest BCUT2D eigenvalue weighted by Gasteiger charge is 1.96. The first-order valence-electron chi connectivity index (χ1n) is 3.66. The Morgan fingerprint density at radius 1 is 1.42 bits per heavy atom. The molecular weight excluding hydrogens is 150 g/mol. The smallest absolute Gasteiger partial charge is 0.292 e. The molecule has 12 heavy (non-hydrogen) atoms. The maximum atomic E-state index is 8.32. The number of para-hydroxylation sites is 1. The van der Waals surface area contributed by atoms with Gasteiger partial charge in [0, 0.05) is 5.56 Å². The number of benzene rings is 1. The van der Waals surface area contributed by atoms with E-state index >= 15 is 0 Å². The summed E-state index contributed by atoms with van der Waals surface area (Å²) in [5, 5.41) is 8.32. The molecule has 0 atom stereocenters. The molecule has 0 unspecified atom stereocenters. The largest absolute Gasteiger partial charge is 0.387 e. The van der Waals surface area contributed by atoms with Gasteiger partial charge in [-0.05, 0) is 13.0 Å². The van der Waals surface area contributed by atoms with E-state index in [0.29, 0.717) is 5.75 Å². The van der Waals surface area contributed by atoms with Crippen LogP contribution in [0.1, 0.15) is 12.5 Å². The van der Waals surface area contributed by atoms with Gasteiger partial charge < -0.3 is 4.74 Å². The second-order valence-corrected chi connectivity index (χ2v) is 2.23. The summed E-state index contributed by atoms with van der Waals surface area (Å²) in [6.45, 7) is 1.92. The SMILES string of the molecule is CC=Cc1ccccc1OC#N. The Bertz CT molecular complexity index is 323. The average Bonchev–Trinajstić information content (AvgIpc) is 2.09. The fraction of sp³-hybridized carbons (Fsp3) is 0.100. The molecule has 1 aromatic carbocycles. The van der Waals surface area contributed by atoms with Crippen LogP contribution in [0, 0.1) is 11.5 Å². The van der Waals surface area contributed by atoms with E-state index in [0.717, 1.165) is 5.56 Å². The summed E-state index contributed by atoms with van der Waals surface area (Å²) < 4.78 is 4.74. The third kappa shape index (κ3) is 1.86. The Balaban J connectivity index is 3.01. The monoisotopic (exact) mass is 159 g/mol. The number of hydrogen-bond acceptors (Lipinski definition) is 2. The molecule has 0 saturated carbocycles. The van der Waals surface area contributed by atoms with Gasteiger partial charge in [0.05, 0.1) is 0 Å². The van der Waals surface area contributed by atoms with Gasteiger partial charge in [-0.3, -0.25) is 0 Å². The molecule has 0 saturated heterocycles. The van der Waals surface area contributed by atoms with E-state index in [9.17, 15) is 0 Å². The van der Waals surface area contributed by atoms with E-state index in [4.69, 9.17) is 10.00 Å². The number of allylic oxidation sites excluding steroid dienone is 1. The summed E-state index contributed by atoms with van der Waals surface area (Å²) in [6.07, 6.45) is 5.45. The first kappa shape index (κ1) is 8.35. The molecule has 0 aliphatic heterocycles. The van der Waals surface area contributed by atoms with Gasteiger partial charge in [-0.2, -0.15) is 0 Å². The molecule has 2 heteroatoms.